The van der Waals surface area contributed by atoms with E-state index in [0.717, 1.165) is 0 Å². The van der Waals surface area contributed by atoms with Crippen molar-refractivity contribution in [3.05, 3.63) is 69.3 Å². The van der Waals surface area contributed by atoms with Crippen LogP contribution in [0.2, 0.25) is 5.02 Å². The Morgan fingerprint density at radius 1 is 1.25 bits per heavy atom. The molecule has 4 rings (SSSR count). The highest BCUT2D eigenvalue weighted by atomic mass is 35.5. The summed E-state index contributed by atoms with van der Waals surface area (Å²) in [6.07, 6.45) is 1.62. The Morgan fingerprint density at radius 2 is 2.03 bits per heavy atom. The summed E-state index contributed by atoms with van der Waals surface area (Å²) in [6.45, 7) is 4.51. The molecule has 3 aromatic rings. The van der Waals surface area contributed by atoms with Crippen LogP contribution in [0.15, 0.2) is 40.3 Å². The molecule has 0 saturated carbocycles. The van der Waals surface area contributed by atoms with E-state index in [2.05, 4.69) is 15.2 Å². The third kappa shape index (κ3) is 5.17. The number of nitrogens with one attached hydrogen (secondary N) is 1. The Balaban J connectivity index is 1.27. The van der Waals surface area contributed by atoms with Crippen molar-refractivity contribution in [2.45, 2.75) is 19.9 Å². The first-order valence-electron chi connectivity index (χ1n) is 10.1. The fourth-order valence-electron chi connectivity index (χ4n) is 3.56. The van der Waals surface area contributed by atoms with Gasteiger partial charge in [-0.15, -0.1) is 11.3 Å². The summed E-state index contributed by atoms with van der Waals surface area (Å²) in [5, 5.41) is 5.35. The van der Waals surface area contributed by atoms with Crippen molar-refractivity contribution in [1.29, 1.82) is 0 Å². The number of carbonyl (C=O) groups excluding carboxylic acids is 2. The van der Waals surface area contributed by atoms with Crippen molar-refractivity contribution in [3.8, 4) is 0 Å². The molecule has 2 aromatic heterocycles. The zero-order valence-corrected chi connectivity index (χ0v) is 19.0. The summed E-state index contributed by atoms with van der Waals surface area (Å²) < 4.78 is 19.2. The number of amides is 2. The van der Waals surface area contributed by atoms with Crippen molar-refractivity contribution in [2.24, 2.45) is 0 Å². The first-order chi connectivity index (χ1) is 15.4. The highest BCUT2D eigenvalue weighted by molar-refractivity contribution is 7.14. The lowest BCUT2D eigenvalue weighted by Crippen LogP contribution is -2.48. The maximum absolute atomic E-state index is 14.0. The molecule has 0 radical (unpaired) electrons. The van der Waals surface area contributed by atoms with Crippen molar-refractivity contribution in [1.82, 2.24) is 14.8 Å². The fourth-order valence-corrected chi connectivity index (χ4v) is 4.49. The standard InChI is InChI=1S/C22H22ClFN4O3S/c1-14-16(5-10-31-14)21(30)26-22-25-15(13-32-22)11-20(29)28-8-6-27(7-9-28)12-17-18(23)3-2-4-19(17)24/h2-5,10,13H,6-9,11-12H2,1H3,(H,25,26,30). The van der Waals surface area contributed by atoms with Gasteiger partial charge in [-0.05, 0) is 25.1 Å². The van der Waals surface area contributed by atoms with Crippen LogP contribution in [0.4, 0.5) is 9.52 Å². The molecule has 0 aliphatic carbocycles. The van der Waals surface area contributed by atoms with Gasteiger partial charge in [0.2, 0.25) is 5.91 Å². The third-order valence-electron chi connectivity index (χ3n) is 5.38. The van der Waals surface area contributed by atoms with Crippen LogP contribution in [0.5, 0.6) is 0 Å². The summed E-state index contributed by atoms with van der Waals surface area (Å²) in [4.78, 5) is 33.2. The van der Waals surface area contributed by atoms with Gasteiger partial charge < -0.3 is 9.32 Å². The predicted octanol–water partition coefficient (Wildman–Crippen LogP) is 3.98. The molecule has 1 N–H and O–H groups in total. The number of thiazole rings is 1. The van der Waals surface area contributed by atoms with E-state index in [9.17, 15) is 14.0 Å². The number of aromatic nitrogens is 1. The smallest absolute Gasteiger partial charge is 0.260 e. The average Bonchev–Trinajstić information content (AvgIpc) is 3.40. The van der Waals surface area contributed by atoms with Gasteiger partial charge in [-0.2, -0.15) is 0 Å². The molecule has 2 amide bonds. The number of nitrogens with zero attached hydrogens (tertiary/aromatic N) is 3. The summed E-state index contributed by atoms with van der Waals surface area (Å²) >= 11 is 7.39. The van der Waals surface area contributed by atoms with E-state index in [1.54, 1.807) is 35.4 Å². The van der Waals surface area contributed by atoms with E-state index >= 15 is 0 Å². The van der Waals surface area contributed by atoms with Crippen molar-refractivity contribution >= 4 is 39.9 Å². The number of furan rings is 1. The first-order valence-corrected chi connectivity index (χ1v) is 11.4. The minimum Gasteiger partial charge on any atom is -0.469 e. The number of benzene rings is 1. The number of hydrogen-bond donors (Lipinski definition) is 1. The number of aryl methyl sites for hydroxylation is 1. The maximum atomic E-state index is 14.0. The number of piperazine rings is 1. The zero-order valence-electron chi connectivity index (χ0n) is 17.4. The lowest BCUT2D eigenvalue weighted by atomic mass is 10.1. The molecule has 7 nitrogen and oxygen atoms in total. The summed E-state index contributed by atoms with van der Waals surface area (Å²) in [5.41, 5.74) is 1.55. The highest BCUT2D eigenvalue weighted by Gasteiger charge is 2.23. The zero-order chi connectivity index (χ0) is 22.7. The van der Waals surface area contributed by atoms with Crippen LogP contribution in [0.1, 0.15) is 27.4 Å². The fraction of sp³-hybridized carbons (Fsp3) is 0.318. The van der Waals surface area contributed by atoms with Crippen LogP contribution in [-0.4, -0.2) is 52.8 Å². The molecular weight excluding hydrogens is 455 g/mol. The Morgan fingerprint density at radius 3 is 2.72 bits per heavy atom. The van der Waals surface area contributed by atoms with Crippen molar-refractivity contribution < 1.29 is 18.4 Å². The molecule has 1 aromatic carbocycles. The minimum absolute atomic E-state index is 0.0255. The number of halogens is 2. The SMILES string of the molecule is Cc1occc1C(=O)Nc1nc(CC(=O)N2CCN(Cc3c(F)cccc3Cl)CC2)cs1. The Hall–Kier alpha value is -2.75. The van der Waals surface area contributed by atoms with Crippen LogP contribution in [-0.2, 0) is 17.8 Å². The van der Waals surface area contributed by atoms with Gasteiger partial charge in [0, 0.05) is 48.7 Å². The van der Waals surface area contributed by atoms with Crippen LogP contribution < -0.4 is 5.32 Å². The van der Waals surface area contributed by atoms with E-state index in [4.69, 9.17) is 16.0 Å². The number of carbonyl (C=O) groups is 2. The molecule has 1 saturated heterocycles. The topological polar surface area (TPSA) is 78.7 Å². The molecular formula is C22H22ClFN4O3S. The van der Waals surface area contributed by atoms with Crippen LogP contribution >= 0.6 is 22.9 Å². The van der Waals surface area contributed by atoms with E-state index in [1.807, 2.05) is 0 Å². The molecule has 32 heavy (non-hydrogen) atoms. The van der Waals surface area contributed by atoms with Crippen molar-refractivity contribution in [2.75, 3.05) is 31.5 Å². The molecule has 168 valence electrons. The molecule has 0 bridgehead atoms. The number of anilines is 1. The first kappa shape index (κ1) is 22.4. The lowest BCUT2D eigenvalue weighted by Gasteiger charge is -2.34. The second kappa shape index (κ2) is 9.81. The van der Waals surface area contributed by atoms with Gasteiger partial charge in [0.15, 0.2) is 5.13 Å². The second-order valence-corrected chi connectivity index (χ2v) is 8.79. The molecule has 0 unspecified atom stereocenters. The Labute approximate surface area is 193 Å². The molecule has 3 heterocycles. The summed E-state index contributed by atoms with van der Waals surface area (Å²) in [6, 6.07) is 6.27. The summed E-state index contributed by atoms with van der Waals surface area (Å²) in [7, 11) is 0. The largest absolute Gasteiger partial charge is 0.469 e. The van der Waals surface area contributed by atoms with Gasteiger partial charge in [0.05, 0.1) is 23.9 Å². The molecule has 10 heteroatoms. The van der Waals surface area contributed by atoms with Gasteiger partial charge in [-0.1, -0.05) is 17.7 Å². The third-order valence-corrected chi connectivity index (χ3v) is 6.54. The van der Waals surface area contributed by atoms with E-state index < -0.39 is 0 Å². The highest BCUT2D eigenvalue weighted by Crippen LogP contribution is 2.22. The summed E-state index contributed by atoms with van der Waals surface area (Å²) in [5.74, 6) is -0.103. The minimum atomic E-state index is -0.314. The van der Waals surface area contributed by atoms with Crippen LogP contribution in [0.3, 0.4) is 0 Å². The molecule has 1 fully saturated rings. The normalized spacial score (nSPS) is 14.5. The van der Waals surface area contributed by atoms with Crippen LogP contribution in [0, 0.1) is 12.7 Å². The second-order valence-electron chi connectivity index (χ2n) is 7.52. The van der Waals surface area contributed by atoms with Gasteiger partial charge in [0.25, 0.3) is 5.91 Å². The molecule has 1 aliphatic rings. The van der Waals surface area contributed by atoms with Gasteiger partial charge in [-0.25, -0.2) is 9.37 Å². The van der Waals surface area contributed by atoms with Gasteiger partial charge >= 0.3 is 0 Å². The van der Waals surface area contributed by atoms with Gasteiger partial charge in [0.1, 0.15) is 11.6 Å². The Kier molecular flexibility index (Phi) is 6.88. The molecule has 0 spiro atoms. The average molecular weight is 477 g/mol. The van der Waals surface area contributed by atoms with Crippen LogP contribution in [0.25, 0.3) is 0 Å². The number of hydrogen-bond acceptors (Lipinski definition) is 6. The van der Waals surface area contributed by atoms with E-state index in [-0.39, 0.29) is 24.1 Å². The van der Waals surface area contributed by atoms with Crippen molar-refractivity contribution in [3.63, 3.8) is 0 Å². The van der Waals surface area contributed by atoms with E-state index in [0.29, 0.717) is 65.5 Å². The van der Waals surface area contributed by atoms with E-state index in [1.165, 1.54) is 23.7 Å². The monoisotopic (exact) mass is 476 g/mol. The predicted molar refractivity (Wildman–Crippen MR) is 120 cm³/mol. The maximum Gasteiger partial charge on any atom is 0.260 e. The Bertz CT molecular complexity index is 1100. The number of rotatable bonds is 6. The molecule has 1 aliphatic heterocycles. The molecule has 0 atom stereocenters. The van der Waals surface area contributed by atoms with Gasteiger partial charge in [-0.3, -0.25) is 19.8 Å². The lowest BCUT2D eigenvalue weighted by molar-refractivity contribution is -0.132. The quantitative estimate of drug-likeness (QED) is 0.582.